The molecule has 2 rings (SSSR count). The Morgan fingerprint density at radius 2 is 1.76 bits per heavy atom. The van der Waals surface area contributed by atoms with Crippen LogP contribution in [0.25, 0.3) is 0 Å². The first kappa shape index (κ1) is 11.9. The van der Waals surface area contributed by atoms with E-state index < -0.39 is 0 Å². The lowest BCUT2D eigenvalue weighted by molar-refractivity contribution is -0.121. The summed E-state index contributed by atoms with van der Waals surface area (Å²) in [4.78, 5) is 11.3. The zero-order valence-electron chi connectivity index (χ0n) is 10.1. The van der Waals surface area contributed by atoms with Gasteiger partial charge in [0.05, 0.1) is 11.6 Å². The normalized spacial score (nSPS) is 24.0. The maximum Gasteiger partial charge on any atom is 0.132 e. The van der Waals surface area contributed by atoms with Crippen LogP contribution in [0, 0.1) is 17.2 Å². The van der Waals surface area contributed by atoms with Crippen molar-refractivity contribution in [3.05, 3.63) is 35.4 Å². The monoisotopic (exact) mass is 227 g/mol. The molecule has 1 aliphatic rings. The molecule has 1 fully saturated rings. The summed E-state index contributed by atoms with van der Waals surface area (Å²) in [5.74, 6) is 1.19. The lowest BCUT2D eigenvalue weighted by Crippen LogP contribution is -2.18. The molecule has 0 heterocycles. The molecule has 1 aromatic rings. The molecule has 0 aromatic heterocycles. The van der Waals surface area contributed by atoms with E-state index in [1.165, 1.54) is 5.56 Å². The van der Waals surface area contributed by atoms with Crippen molar-refractivity contribution in [2.24, 2.45) is 5.92 Å². The molecule has 0 amide bonds. The van der Waals surface area contributed by atoms with Crippen molar-refractivity contribution in [3.8, 4) is 6.07 Å². The molecule has 0 atom stereocenters. The van der Waals surface area contributed by atoms with E-state index in [1.54, 1.807) is 6.92 Å². The van der Waals surface area contributed by atoms with E-state index in [9.17, 15) is 4.79 Å². The molecule has 0 radical (unpaired) electrons. The standard InChI is InChI=1S/C15H17NO/c1-11(17)13-6-8-15(9-7-13)14-4-2-12(10-16)3-5-14/h2-5,13,15H,6-9H2,1H3. The third-order valence-electron chi connectivity index (χ3n) is 3.81. The van der Waals surface area contributed by atoms with Crippen LogP contribution < -0.4 is 0 Å². The van der Waals surface area contributed by atoms with E-state index in [0.29, 0.717) is 17.3 Å². The Kier molecular flexibility index (Phi) is 3.58. The highest BCUT2D eigenvalue weighted by Crippen LogP contribution is 2.35. The van der Waals surface area contributed by atoms with Crippen LogP contribution in [0.3, 0.4) is 0 Å². The molecule has 0 saturated heterocycles. The Morgan fingerprint density at radius 3 is 2.24 bits per heavy atom. The Hall–Kier alpha value is -1.62. The van der Waals surface area contributed by atoms with Crippen LogP contribution in [0.4, 0.5) is 0 Å². The largest absolute Gasteiger partial charge is 0.300 e. The molecule has 0 unspecified atom stereocenters. The van der Waals surface area contributed by atoms with Gasteiger partial charge in [-0.25, -0.2) is 0 Å². The highest BCUT2D eigenvalue weighted by atomic mass is 16.1. The number of nitrogens with zero attached hydrogens (tertiary/aromatic N) is 1. The van der Waals surface area contributed by atoms with Gasteiger partial charge in [-0.15, -0.1) is 0 Å². The summed E-state index contributed by atoms with van der Waals surface area (Å²) >= 11 is 0. The number of ketones is 1. The third kappa shape index (κ3) is 2.74. The number of Topliss-reactive ketones (excluding diaryl/α,β-unsaturated/α-hetero) is 1. The van der Waals surface area contributed by atoms with Gasteiger partial charge in [0, 0.05) is 5.92 Å². The van der Waals surface area contributed by atoms with Gasteiger partial charge in [-0.05, 0) is 56.2 Å². The first-order chi connectivity index (χ1) is 8.20. The first-order valence-corrected chi connectivity index (χ1v) is 6.21. The molecule has 0 bridgehead atoms. The topological polar surface area (TPSA) is 40.9 Å². The van der Waals surface area contributed by atoms with Crippen molar-refractivity contribution >= 4 is 5.78 Å². The molecule has 2 nitrogen and oxygen atoms in total. The van der Waals surface area contributed by atoms with Crippen LogP contribution in [0.1, 0.15) is 49.7 Å². The van der Waals surface area contributed by atoms with Crippen molar-refractivity contribution in [1.29, 1.82) is 5.26 Å². The van der Waals surface area contributed by atoms with Crippen molar-refractivity contribution in [2.45, 2.75) is 38.5 Å². The summed E-state index contributed by atoms with van der Waals surface area (Å²) in [6.45, 7) is 1.70. The predicted octanol–water partition coefficient (Wildman–Crippen LogP) is 3.42. The number of benzene rings is 1. The van der Waals surface area contributed by atoms with Crippen molar-refractivity contribution in [1.82, 2.24) is 0 Å². The molecule has 0 N–H and O–H groups in total. The van der Waals surface area contributed by atoms with E-state index in [-0.39, 0.29) is 5.92 Å². The highest BCUT2D eigenvalue weighted by Gasteiger charge is 2.24. The quantitative estimate of drug-likeness (QED) is 0.776. The zero-order chi connectivity index (χ0) is 12.3. The SMILES string of the molecule is CC(=O)C1CCC(c2ccc(C#N)cc2)CC1. The number of hydrogen-bond acceptors (Lipinski definition) is 2. The molecule has 0 spiro atoms. The van der Waals surface area contributed by atoms with Crippen molar-refractivity contribution < 1.29 is 4.79 Å². The van der Waals surface area contributed by atoms with Crippen molar-refractivity contribution in [2.75, 3.05) is 0 Å². The number of carbonyl (C=O) groups excluding carboxylic acids is 1. The summed E-state index contributed by atoms with van der Waals surface area (Å²) in [6.07, 6.45) is 4.21. The Bertz CT molecular complexity index is 433. The van der Waals surface area contributed by atoms with Gasteiger partial charge in [0.15, 0.2) is 0 Å². The molecule has 17 heavy (non-hydrogen) atoms. The maximum atomic E-state index is 11.3. The molecule has 1 saturated carbocycles. The fourth-order valence-corrected chi connectivity index (χ4v) is 2.66. The smallest absolute Gasteiger partial charge is 0.132 e. The molecule has 1 aliphatic carbocycles. The van der Waals surface area contributed by atoms with Crippen LogP contribution in [0.15, 0.2) is 24.3 Å². The van der Waals surface area contributed by atoms with E-state index in [1.807, 2.05) is 12.1 Å². The molecule has 1 aromatic carbocycles. The fourth-order valence-electron chi connectivity index (χ4n) is 2.66. The average Bonchev–Trinajstić information content (AvgIpc) is 2.39. The predicted molar refractivity (Wildman–Crippen MR) is 66.5 cm³/mol. The van der Waals surface area contributed by atoms with E-state index in [4.69, 9.17) is 5.26 Å². The van der Waals surface area contributed by atoms with Crippen LogP contribution in [0.5, 0.6) is 0 Å². The average molecular weight is 227 g/mol. The molecule has 2 heteroatoms. The van der Waals surface area contributed by atoms with Crippen LogP contribution in [-0.2, 0) is 4.79 Å². The number of rotatable bonds is 2. The van der Waals surface area contributed by atoms with Gasteiger partial charge in [0.1, 0.15) is 5.78 Å². The van der Waals surface area contributed by atoms with Gasteiger partial charge in [-0.1, -0.05) is 12.1 Å². The number of carbonyl (C=O) groups is 1. The highest BCUT2D eigenvalue weighted by molar-refractivity contribution is 5.78. The number of nitriles is 1. The minimum absolute atomic E-state index is 0.282. The fraction of sp³-hybridized carbons (Fsp3) is 0.467. The summed E-state index contributed by atoms with van der Waals surface area (Å²) < 4.78 is 0. The lowest BCUT2D eigenvalue weighted by atomic mass is 9.77. The summed E-state index contributed by atoms with van der Waals surface area (Å²) in [5.41, 5.74) is 2.03. The summed E-state index contributed by atoms with van der Waals surface area (Å²) in [5, 5.41) is 8.75. The van der Waals surface area contributed by atoms with E-state index in [0.717, 1.165) is 25.7 Å². The molecular formula is C15H17NO. The summed E-state index contributed by atoms with van der Waals surface area (Å²) in [7, 11) is 0. The minimum Gasteiger partial charge on any atom is -0.300 e. The molecule has 0 aliphatic heterocycles. The van der Waals surface area contributed by atoms with Crippen LogP contribution in [0.2, 0.25) is 0 Å². The van der Waals surface area contributed by atoms with Crippen LogP contribution in [-0.4, -0.2) is 5.78 Å². The number of hydrogen-bond donors (Lipinski definition) is 0. The van der Waals surface area contributed by atoms with Gasteiger partial charge < -0.3 is 0 Å². The second-order valence-electron chi connectivity index (χ2n) is 4.89. The first-order valence-electron chi connectivity index (χ1n) is 6.21. The molecular weight excluding hydrogens is 210 g/mol. The second-order valence-corrected chi connectivity index (χ2v) is 4.89. The summed E-state index contributed by atoms with van der Waals surface area (Å²) in [6, 6.07) is 10.0. The Labute approximate surface area is 102 Å². The van der Waals surface area contributed by atoms with Gasteiger partial charge in [0.25, 0.3) is 0 Å². The third-order valence-corrected chi connectivity index (χ3v) is 3.81. The lowest BCUT2D eigenvalue weighted by Gasteiger charge is -2.27. The van der Waals surface area contributed by atoms with Crippen molar-refractivity contribution in [3.63, 3.8) is 0 Å². The molecule has 88 valence electrons. The second kappa shape index (κ2) is 5.14. The zero-order valence-corrected chi connectivity index (χ0v) is 10.1. The maximum absolute atomic E-state index is 11.3. The van der Waals surface area contributed by atoms with Gasteiger partial charge in [-0.2, -0.15) is 5.26 Å². The van der Waals surface area contributed by atoms with Gasteiger partial charge >= 0.3 is 0 Å². The Balaban J connectivity index is 2.00. The van der Waals surface area contributed by atoms with Gasteiger partial charge in [-0.3, -0.25) is 4.79 Å². The van der Waals surface area contributed by atoms with E-state index in [2.05, 4.69) is 18.2 Å². The van der Waals surface area contributed by atoms with Crippen LogP contribution >= 0.6 is 0 Å². The minimum atomic E-state index is 0.282. The van der Waals surface area contributed by atoms with E-state index >= 15 is 0 Å². The Morgan fingerprint density at radius 1 is 1.18 bits per heavy atom. The van der Waals surface area contributed by atoms with Gasteiger partial charge in [0.2, 0.25) is 0 Å².